The molecule has 0 radical (unpaired) electrons. The van der Waals surface area contributed by atoms with Crippen LogP contribution in [0.3, 0.4) is 0 Å². The quantitative estimate of drug-likeness (QED) is 0.279. The second-order valence-corrected chi connectivity index (χ2v) is 11.5. The van der Waals surface area contributed by atoms with Crippen molar-refractivity contribution in [3.8, 4) is 0 Å². The molecular weight excluding hydrogens is 488 g/mol. The van der Waals surface area contributed by atoms with Gasteiger partial charge in [-0.1, -0.05) is 25.5 Å². The molecule has 0 bridgehead atoms. The predicted molar refractivity (Wildman–Crippen MR) is 106 cm³/mol. The maximum absolute atomic E-state index is 17.0. The fraction of sp³-hybridized carbons (Fsp3) is 0.727. The summed E-state index contributed by atoms with van der Waals surface area (Å²) in [7, 11) is -5.43. The minimum Gasteiger partial charge on any atom is -0.790 e. The minimum absolute atomic E-state index is 0. The summed E-state index contributed by atoms with van der Waals surface area (Å²) in [6, 6.07) is 0. The van der Waals surface area contributed by atoms with Gasteiger partial charge < -0.3 is 29.1 Å². The number of Topliss-reactive ketones (excluding diaryl/α,β-unsaturated/α-hetero) is 1. The number of halogens is 1. The molecule has 0 amide bonds. The van der Waals surface area contributed by atoms with E-state index in [1.165, 1.54) is 18.2 Å². The summed E-state index contributed by atoms with van der Waals surface area (Å²) in [5.74, 6) is -3.06. The van der Waals surface area contributed by atoms with Crippen molar-refractivity contribution in [3.05, 3.63) is 23.8 Å². The molecule has 4 aliphatic rings. The van der Waals surface area contributed by atoms with E-state index in [0.29, 0.717) is 18.4 Å². The maximum atomic E-state index is 17.0. The number of phosphoric acid groups is 1. The minimum atomic E-state index is -5.43. The standard InChI is InChI=1S/C22H30FO8P.2Na/c1-12-8-16-15-5-4-13-9-14(24)6-7-19(13,2)21(15,23)17(25)10-20(16,3)22(12,27)18(26)11-31-32(28,29)30;;/h6-7,9,12,15-17,25,27H,4-5,8,10-11H2,1-3H3,(H2,28,29,30);;/q;2*+1/p-2/t12-,15-,16-,17-,19-,20-,21?,22-;;/m0../s1. The van der Waals surface area contributed by atoms with E-state index < -0.39 is 66.2 Å². The fourth-order valence-electron chi connectivity index (χ4n) is 7.39. The molecule has 0 aromatic rings. The van der Waals surface area contributed by atoms with E-state index in [9.17, 15) is 34.2 Å². The van der Waals surface area contributed by atoms with E-state index in [-0.39, 0.29) is 77.7 Å². The van der Waals surface area contributed by atoms with E-state index >= 15 is 4.39 Å². The van der Waals surface area contributed by atoms with Crippen LogP contribution in [0.1, 0.15) is 46.5 Å². The number of aliphatic hydroxyl groups excluding tert-OH is 1. The number of fused-ring (bicyclic) bond motifs is 5. The zero-order valence-electron chi connectivity index (χ0n) is 20.2. The van der Waals surface area contributed by atoms with Crippen LogP contribution in [0.4, 0.5) is 4.39 Å². The molecule has 3 saturated carbocycles. The van der Waals surface area contributed by atoms with Gasteiger partial charge in [0.25, 0.3) is 0 Å². The first kappa shape index (κ1) is 31.0. The van der Waals surface area contributed by atoms with Gasteiger partial charge in [-0.05, 0) is 56.6 Å². The molecule has 4 rings (SSSR count). The number of alkyl halides is 1. The van der Waals surface area contributed by atoms with Crippen LogP contribution in [0.25, 0.3) is 0 Å². The van der Waals surface area contributed by atoms with Gasteiger partial charge in [-0.15, -0.1) is 0 Å². The molecule has 0 aromatic heterocycles. The van der Waals surface area contributed by atoms with E-state index in [0.717, 1.165) is 0 Å². The summed E-state index contributed by atoms with van der Waals surface area (Å²) < 4.78 is 32.0. The van der Waals surface area contributed by atoms with Crippen molar-refractivity contribution in [3.63, 3.8) is 0 Å². The van der Waals surface area contributed by atoms with Crippen LogP contribution in [0, 0.1) is 28.6 Å². The van der Waals surface area contributed by atoms with Crippen molar-refractivity contribution in [2.24, 2.45) is 28.6 Å². The molecule has 34 heavy (non-hydrogen) atoms. The average molecular weight is 516 g/mol. The number of carbonyl (C=O) groups excluding carboxylic acids is 2. The molecule has 8 atom stereocenters. The predicted octanol–water partition coefficient (Wildman–Crippen LogP) is -5.24. The molecule has 0 heterocycles. The van der Waals surface area contributed by atoms with Crippen molar-refractivity contribution in [2.45, 2.75) is 63.8 Å². The Balaban J connectivity index is 0.00000204. The summed E-state index contributed by atoms with van der Waals surface area (Å²) in [6.07, 6.45) is 3.54. The second kappa shape index (κ2) is 9.83. The Morgan fingerprint density at radius 3 is 2.50 bits per heavy atom. The number of allylic oxidation sites excluding steroid dienone is 4. The average Bonchev–Trinajstić information content (AvgIpc) is 2.89. The first-order chi connectivity index (χ1) is 14.6. The number of phosphoric ester groups is 1. The molecule has 1 unspecified atom stereocenters. The summed E-state index contributed by atoms with van der Waals surface area (Å²) in [4.78, 5) is 46.6. The Morgan fingerprint density at radius 2 is 1.91 bits per heavy atom. The van der Waals surface area contributed by atoms with Gasteiger partial charge in [-0.25, -0.2) is 4.39 Å². The first-order valence-electron chi connectivity index (χ1n) is 10.8. The molecule has 0 saturated heterocycles. The van der Waals surface area contributed by atoms with Crippen LogP contribution >= 0.6 is 7.82 Å². The zero-order chi connectivity index (χ0) is 23.9. The van der Waals surface area contributed by atoms with Gasteiger partial charge in [0.15, 0.2) is 17.2 Å². The van der Waals surface area contributed by atoms with Gasteiger partial charge in [0.1, 0.15) is 12.2 Å². The Bertz CT molecular complexity index is 984. The van der Waals surface area contributed by atoms with Crippen LogP contribution in [0.15, 0.2) is 23.8 Å². The van der Waals surface area contributed by atoms with Crippen LogP contribution < -0.4 is 68.9 Å². The Kier molecular flexibility index (Phi) is 8.96. The van der Waals surface area contributed by atoms with E-state index in [1.54, 1.807) is 20.8 Å². The normalized spacial score (nSPS) is 45.2. The number of hydrogen-bond donors (Lipinski definition) is 2. The van der Waals surface area contributed by atoms with Crippen LogP contribution in [0.2, 0.25) is 0 Å². The van der Waals surface area contributed by atoms with Gasteiger partial charge in [0.05, 0.1) is 13.9 Å². The fourth-order valence-corrected chi connectivity index (χ4v) is 7.66. The first-order valence-corrected chi connectivity index (χ1v) is 12.3. The molecule has 12 heteroatoms. The third-order valence-corrected chi connectivity index (χ3v) is 9.45. The van der Waals surface area contributed by atoms with Crippen molar-refractivity contribution in [1.29, 1.82) is 0 Å². The maximum Gasteiger partial charge on any atom is 1.00 e. The third kappa shape index (κ3) is 4.20. The van der Waals surface area contributed by atoms with Crippen LogP contribution in [0.5, 0.6) is 0 Å². The monoisotopic (exact) mass is 516 g/mol. The summed E-state index contributed by atoms with van der Waals surface area (Å²) in [6.45, 7) is 3.80. The Morgan fingerprint density at radius 1 is 1.29 bits per heavy atom. The van der Waals surface area contributed by atoms with Gasteiger partial charge in [-0.3, -0.25) is 9.59 Å². The topological polar surface area (TPSA) is 147 Å². The summed E-state index contributed by atoms with van der Waals surface area (Å²) >= 11 is 0. The third-order valence-electron chi connectivity index (χ3n) is 9.00. The molecule has 0 spiro atoms. The SMILES string of the molecule is C[C@H]1C[C@H]2[C@@H]3CCC4=CC(=O)C=C[C@]4(C)C3(F)[C@@H](O)C[C@]2(C)[C@@]1(O)C(=O)COP(=O)([O-])[O-].[Na+].[Na+]. The number of hydrogen-bond acceptors (Lipinski definition) is 8. The number of aliphatic hydroxyl groups is 2. The van der Waals surface area contributed by atoms with E-state index in [4.69, 9.17) is 0 Å². The number of carbonyl (C=O) groups is 2. The Hall–Kier alpha value is 0.780. The van der Waals surface area contributed by atoms with Crippen molar-refractivity contribution < 1.29 is 102 Å². The second-order valence-electron chi connectivity index (χ2n) is 10.3. The molecule has 0 aromatic carbocycles. The van der Waals surface area contributed by atoms with Crippen LogP contribution in [-0.2, 0) is 18.7 Å². The van der Waals surface area contributed by atoms with Crippen LogP contribution in [-0.4, -0.2) is 45.8 Å². The molecular formula is C22H28FNa2O8P. The van der Waals surface area contributed by atoms with Crippen molar-refractivity contribution in [2.75, 3.05) is 6.61 Å². The molecule has 178 valence electrons. The smallest absolute Gasteiger partial charge is 0.790 e. The molecule has 8 nitrogen and oxygen atoms in total. The molecule has 4 aliphatic carbocycles. The summed E-state index contributed by atoms with van der Waals surface area (Å²) in [5, 5.41) is 22.8. The van der Waals surface area contributed by atoms with E-state index in [1.807, 2.05) is 0 Å². The summed E-state index contributed by atoms with van der Waals surface area (Å²) in [5.41, 5.74) is -6.03. The molecule has 2 N–H and O–H groups in total. The van der Waals surface area contributed by atoms with Gasteiger partial charge in [-0.2, -0.15) is 0 Å². The molecule has 3 fully saturated rings. The Labute approximate surface area is 242 Å². The zero-order valence-corrected chi connectivity index (χ0v) is 25.1. The van der Waals surface area contributed by atoms with E-state index in [2.05, 4.69) is 4.52 Å². The van der Waals surface area contributed by atoms with Gasteiger partial charge >= 0.3 is 59.1 Å². The largest absolute Gasteiger partial charge is 1.00 e. The van der Waals surface area contributed by atoms with Gasteiger partial charge in [0, 0.05) is 16.7 Å². The van der Waals surface area contributed by atoms with Gasteiger partial charge in [0.2, 0.25) is 0 Å². The number of ketones is 2. The van der Waals surface area contributed by atoms with Crippen molar-refractivity contribution in [1.82, 2.24) is 0 Å². The molecule has 0 aliphatic heterocycles. The number of rotatable bonds is 4. The van der Waals surface area contributed by atoms with Crippen molar-refractivity contribution >= 4 is 19.4 Å².